The molecule has 176 valence electrons. The number of hydrogen-bond acceptors (Lipinski definition) is 7. The van der Waals surface area contributed by atoms with Crippen molar-refractivity contribution in [1.82, 2.24) is 24.9 Å². The monoisotopic (exact) mass is 458 g/mol. The number of fused-ring (bicyclic) bond motifs is 1. The number of aliphatic hydroxyl groups excluding tert-OH is 1. The van der Waals surface area contributed by atoms with Gasteiger partial charge in [0.05, 0.1) is 6.61 Å². The molecule has 0 bridgehead atoms. The number of nitrogens with two attached hydrogens (primary N) is 1. The van der Waals surface area contributed by atoms with E-state index in [2.05, 4.69) is 15.4 Å². The van der Waals surface area contributed by atoms with E-state index in [1.165, 1.54) is 6.33 Å². The Balaban J connectivity index is 1.39. The molecular weight excluding hydrogens is 428 g/mol. The summed E-state index contributed by atoms with van der Waals surface area (Å²) >= 11 is 0. The van der Waals surface area contributed by atoms with Gasteiger partial charge in [0, 0.05) is 18.0 Å². The maximum absolute atomic E-state index is 8.98. The molecule has 2 aromatic carbocycles. The van der Waals surface area contributed by atoms with E-state index >= 15 is 0 Å². The van der Waals surface area contributed by atoms with Gasteiger partial charge >= 0.3 is 0 Å². The van der Waals surface area contributed by atoms with Gasteiger partial charge in [0.1, 0.15) is 34.9 Å². The number of imidazole rings is 1. The number of para-hydroxylation sites is 1. The van der Waals surface area contributed by atoms with Crippen molar-refractivity contribution in [2.75, 3.05) is 25.4 Å². The van der Waals surface area contributed by atoms with Crippen LogP contribution in [0.1, 0.15) is 37.4 Å². The van der Waals surface area contributed by atoms with Crippen LogP contribution < -0.4 is 15.8 Å². The highest BCUT2D eigenvalue weighted by molar-refractivity contribution is 5.85. The lowest BCUT2D eigenvalue weighted by atomic mass is 9.81. The number of aromatic nitrogens is 4. The van der Waals surface area contributed by atoms with Gasteiger partial charge < -0.3 is 20.9 Å². The third-order valence-electron chi connectivity index (χ3n) is 6.53. The van der Waals surface area contributed by atoms with Crippen LogP contribution in [-0.4, -0.2) is 44.4 Å². The van der Waals surface area contributed by atoms with E-state index in [0.717, 1.165) is 66.3 Å². The van der Waals surface area contributed by atoms with Gasteiger partial charge in [-0.3, -0.25) is 0 Å². The number of rotatable bonds is 8. The van der Waals surface area contributed by atoms with Gasteiger partial charge in [-0.2, -0.15) is 5.10 Å². The number of aliphatic hydroxyl groups is 1. The van der Waals surface area contributed by atoms with Crippen molar-refractivity contribution >= 4 is 11.3 Å². The van der Waals surface area contributed by atoms with Crippen molar-refractivity contribution in [3.8, 4) is 22.8 Å². The SMILES string of the molecule is Nc1ncnn2c1c(-c1ccc(Oc3ccccc3)cc1)nc2[C@H]1CC[C@H](CNCCO)CC1. The minimum atomic E-state index is 0.179. The lowest BCUT2D eigenvalue weighted by Gasteiger charge is -2.27. The molecule has 0 unspecified atom stereocenters. The van der Waals surface area contributed by atoms with Crippen molar-refractivity contribution in [3.05, 3.63) is 66.7 Å². The Morgan fingerprint density at radius 2 is 1.74 bits per heavy atom. The molecule has 0 amide bonds. The first kappa shape index (κ1) is 22.3. The molecule has 8 nitrogen and oxygen atoms in total. The van der Waals surface area contributed by atoms with E-state index in [-0.39, 0.29) is 6.61 Å². The van der Waals surface area contributed by atoms with Gasteiger partial charge in [0.15, 0.2) is 5.82 Å². The number of nitrogens with one attached hydrogen (secondary N) is 1. The molecule has 5 rings (SSSR count). The second-order valence-corrected chi connectivity index (χ2v) is 8.81. The fourth-order valence-electron chi connectivity index (χ4n) is 4.76. The van der Waals surface area contributed by atoms with Gasteiger partial charge in [0.2, 0.25) is 0 Å². The van der Waals surface area contributed by atoms with Gasteiger partial charge in [-0.15, -0.1) is 0 Å². The second-order valence-electron chi connectivity index (χ2n) is 8.81. The first-order valence-corrected chi connectivity index (χ1v) is 11.9. The van der Waals surface area contributed by atoms with Gasteiger partial charge in [-0.25, -0.2) is 14.5 Å². The Kier molecular flexibility index (Phi) is 6.69. The molecule has 0 saturated heterocycles. The van der Waals surface area contributed by atoms with Crippen LogP contribution in [0.3, 0.4) is 0 Å². The zero-order valence-electron chi connectivity index (χ0n) is 19.1. The van der Waals surface area contributed by atoms with Crippen molar-refractivity contribution in [2.24, 2.45) is 5.92 Å². The first-order valence-electron chi connectivity index (χ1n) is 11.9. The van der Waals surface area contributed by atoms with Crippen molar-refractivity contribution in [1.29, 1.82) is 0 Å². The Hall–Kier alpha value is -3.49. The fraction of sp³-hybridized carbons (Fsp3) is 0.346. The quantitative estimate of drug-likeness (QED) is 0.342. The van der Waals surface area contributed by atoms with E-state index in [1.54, 1.807) is 0 Å². The van der Waals surface area contributed by atoms with Crippen LogP contribution >= 0.6 is 0 Å². The summed E-state index contributed by atoms with van der Waals surface area (Å²) in [5.41, 5.74) is 8.79. The number of nitrogen functional groups attached to an aromatic ring is 1. The third kappa shape index (κ3) is 4.73. The minimum Gasteiger partial charge on any atom is -0.457 e. The van der Waals surface area contributed by atoms with Crippen molar-refractivity contribution in [2.45, 2.75) is 31.6 Å². The molecule has 0 spiro atoms. The van der Waals surface area contributed by atoms with Gasteiger partial charge in [0.25, 0.3) is 0 Å². The Labute approximate surface area is 198 Å². The summed E-state index contributed by atoms with van der Waals surface area (Å²) in [5.74, 6) is 3.89. The topological polar surface area (TPSA) is 111 Å². The summed E-state index contributed by atoms with van der Waals surface area (Å²) in [6, 6.07) is 17.6. The summed E-state index contributed by atoms with van der Waals surface area (Å²) in [7, 11) is 0. The first-order chi connectivity index (χ1) is 16.7. The summed E-state index contributed by atoms with van der Waals surface area (Å²) < 4.78 is 7.81. The minimum absolute atomic E-state index is 0.179. The Morgan fingerprint density at radius 3 is 2.47 bits per heavy atom. The molecule has 1 fully saturated rings. The largest absolute Gasteiger partial charge is 0.457 e. The normalized spacial score (nSPS) is 18.3. The standard InChI is InChI=1S/C26H30N6O2/c27-25-24-23(19-10-12-22(13-11-19)34-21-4-2-1-3-5-21)31-26(32(24)30-17-29-25)20-8-6-18(7-9-20)16-28-14-15-33/h1-5,10-13,17-18,20,28,33H,6-9,14-16H2,(H2,27,29,30)/t18-,20-. The zero-order valence-corrected chi connectivity index (χ0v) is 19.1. The zero-order chi connectivity index (χ0) is 23.3. The molecule has 1 saturated carbocycles. The highest BCUT2D eigenvalue weighted by Crippen LogP contribution is 2.38. The number of hydrogen-bond donors (Lipinski definition) is 3. The predicted molar refractivity (Wildman–Crippen MR) is 132 cm³/mol. The molecule has 2 heterocycles. The predicted octanol–water partition coefficient (Wildman–Crippen LogP) is 4.02. The highest BCUT2D eigenvalue weighted by atomic mass is 16.5. The number of ether oxygens (including phenoxy) is 1. The Bertz CT molecular complexity index is 1220. The summed E-state index contributed by atoms with van der Waals surface area (Å²) in [6.07, 6.45) is 5.85. The number of benzene rings is 2. The molecule has 2 aromatic heterocycles. The summed E-state index contributed by atoms with van der Waals surface area (Å²) in [5, 5.41) is 16.8. The number of anilines is 1. The smallest absolute Gasteiger partial charge is 0.153 e. The fourth-order valence-corrected chi connectivity index (χ4v) is 4.76. The van der Waals surface area contributed by atoms with E-state index in [1.807, 2.05) is 59.1 Å². The summed E-state index contributed by atoms with van der Waals surface area (Å²) in [4.78, 5) is 9.28. The van der Waals surface area contributed by atoms with Crippen LogP contribution in [0.5, 0.6) is 11.5 Å². The average molecular weight is 459 g/mol. The van der Waals surface area contributed by atoms with Crippen LogP contribution in [-0.2, 0) is 0 Å². The van der Waals surface area contributed by atoms with Gasteiger partial charge in [-0.1, -0.05) is 18.2 Å². The molecule has 4 N–H and O–H groups in total. The lowest BCUT2D eigenvalue weighted by Crippen LogP contribution is -2.28. The van der Waals surface area contributed by atoms with E-state index in [4.69, 9.17) is 20.6 Å². The van der Waals surface area contributed by atoms with Gasteiger partial charge in [-0.05, 0) is 74.5 Å². The second kappa shape index (κ2) is 10.2. The molecule has 34 heavy (non-hydrogen) atoms. The van der Waals surface area contributed by atoms with E-state index in [0.29, 0.717) is 24.2 Å². The van der Waals surface area contributed by atoms with Crippen LogP contribution in [0.15, 0.2) is 60.9 Å². The number of nitrogens with zero attached hydrogens (tertiary/aromatic N) is 4. The van der Waals surface area contributed by atoms with Crippen LogP contribution in [0, 0.1) is 5.92 Å². The molecule has 0 atom stereocenters. The maximum Gasteiger partial charge on any atom is 0.153 e. The highest BCUT2D eigenvalue weighted by Gasteiger charge is 2.28. The van der Waals surface area contributed by atoms with E-state index < -0.39 is 0 Å². The van der Waals surface area contributed by atoms with Crippen molar-refractivity contribution in [3.63, 3.8) is 0 Å². The molecule has 0 aliphatic heterocycles. The molecule has 8 heteroatoms. The summed E-state index contributed by atoms with van der Waals surface area (Å²) in [6.45, 7) is 1.78. The van der Waals surface area contributed by atoms with Crippen molar-refractivity contribution < 1.29 is 9.84 Å². The maximum atomic E-state index is 8.98. The molecule has 1 aliphatic carbocycles. The average Bonchev–Trinajstić information content (AvgIpc) is 3.27. The molecule has 1 aliphatic rings. The Morgan fingerprint density at radius 1 is 1.00 bits per heavy atom. The lowest BCUT2D eigenvalue weighted by molar-refractivity contribution is 0.270. The van der Waals surface area contributed by atoms with E-state index in [9.17, 15) is 0 Å². The van der Waals surface area contributed by atoms with Crippen LogP contribution in [0.4, 0.5) is 5.82 Å². The molecular formula is C26H30N6O2. The third-order valence-corrected chi connectivity index (χ3v) is 6.53. The molecule has 0 radical (unpaired) electrons. The molecule has 4 aromatic rings. The van der Waals surface area contributed by atoms with Crippen LogP contribution in [0.2, 0.25) is 0 Å². The van der Waals surface area contributed by atoms with Crippen LogP contribution in [0.25, 0.3) is 16.8 Å².